The summed E-state index contributed by atoms with van der Waals surface area (Å²) in [7, 11) is 7.02. The molecule has 168 valence electrons. The van der Waals surface area contributed by atoms with Crippen molar-refractivity contribution in [2.24, 2.45) is 5.92 Å². The van der Waals surface area contributed by atoms with Crippen molar-refractivity contribution in [2.45, 2.75) is 18.9 Å². The lowest BCUT2D eigenvalue weighted by atomic mass is 9.95. The zero-order valence-electron chi connectivity index (χ0n) is 18.6. The molecule has 0 spiro atoms. The van der Waals surface area contributed by atoms with E-state index >= 15 is 0 Å². The van der Waals surface area contributed by atoms with Crippen molar-refractivity contribution in [3.63, 3.8) is 0 Å². The van der Waals surface area contributed by atoms with Gasteiger partial charge in [0, 0.05) is 37.2 Å². The second-order valence-electron chi connectivity index (χ2n) is 7.91. The van der Waals surface area contributed by atoms with E-state index in [1.54, 1.807) is 43.6 Å². The number of likely N-dealkylation sites (tertiary alicyclic amines) is 1. The molecule has 1 aliphatic heterocycles. The number of likely N-dealkylation sites (N-methyl/N-ethyl adjacent to an activating group) is 1. The van der Waals surface area contributed by atoms with Gasteiger partial charge in [0.2, 0.25) is 5.91 Å². The van der Waals surface area contributed by atoms with Crippen LogP contribution in [0.15, 0.2) is 41.0 Å². The van der Waals surface area contributed by atoms with Gasteiger partial charge in [-0.15, -0.1) is 0 Å². The number of carbonyl (C=O) groups is 2. The van der Waals surface area contributed by atoms with Crippen LogP contribution in [-0.4, -0.2) is 69.6 Å². The Morgan fingerprint density at radius 1 is 1.16 bits per heavy atom. The van der Waals surface area contributed by atoms with Crippen LogP contribution in [0.5, 0.6) is 11.5 Å². The van der Waals surface area contributed by atoms with Gasteiger partial charge in [-0.25, -0.2) is 0 Å². The van der Waals surface area contributed by atoms with Crippen molar-refractivity contribution in [1.82, 2.24) is 15.1 Å². The third-order valence-electron chi connectivity index (χ3n) is 5.72. The van der Waals surface area contributed by atoms with E-state index in [0.717, 1.165) is 5.76 Å². The van der Waals surface area contributed by atoms with Gasteiger partial charge in [-0.1, -0.05) is 0 Å². The minimum atomic E-state index is -0.108. The largest absolute Gasteiger partial charge is 0.497 e. The van der Waals surface area contributed by atoms with E-state index in [1.807, 2.05) is 31.1 Å². The van der Waals surface area contributed by atoms with E-state index in [0.29, 0.717) is 49.5 Å². The van der Waals surface area contributed by atoms with E-state index in [2.05, 4.69) is 5.32 Å². The molecule has 1 fully saturated rings. The summed E-state index contributed by atoms with van der Waals surface area (Å²) in [5, 5.41) is 3.05. The van der Waals surface area contributed by atoms with Gasteiger partial charge >= 0.3 is 0 Å². The van der Waals surface area contributed by atoms with Crippen molar-refractivity contribution in [3.05, 3.63) is 47.9 Å². The Labute approximate surface area is 183 Å². The predicted octanol–water partition coefficient (Wildman–Crippen LogP) is 2.57. The number of methoxy groups -OCH3 is 2. The Morgan fingerprint density at radius 3 is 2.32 bits per heavy atom. The first-order chi connectivity index (χ1) is 14.9. The summed E-state index contributed by atoms with van der Waals surface area (Å²) in [5.74, 6) is 1.80. The molecule has 1 saturated heterocycles. The summed E-state index contributed by atoms with van der Waals surface area (Å²) in [4.78, 5) is 29.4. The molecule has 3 rings (SSSR count). The number of nitrogens with zero attached hydrogens (tertiary/aromatic N) is 2. The summed E-state index contributed by atoms with van der Waals surface area (Å²) in [6.45, 7) is 1.54. The lowest BCUT2D eigenvalue weighted by Crippen LogP contribution is -2.44. The Hall–Kier alpha value is -3.00. The standard InChI is InChI=1S/C23H31N3O5/c1-25(2)20(21-6-5-11-31-21)15-24-22(27)16-7-9-26(10-8-16)23(28)17-12-18(29-3)14-19(13-17)30-4/h5-6,11-14,16,20H,7-10,15H2,1-4H3,(H,24,27). The molecule has 8 heteroatoms. The molecule has 31 heavy (non-hydrogen) atoms. The molecule has 2 heterocycles. The molecular weight excluding hydrogens is 398 g/mol. The van der Waals surface area contributed by atoms with Crippen LogP contribution in [0, 0.1) is 5.92 Å². The van der Waals surface area contributed by atoms with Crippen LogP contribution in [0.3, 0.4) is 0 Å². The minimum absolute atomic E-state index is 0.0218. The highest BCUT2D eigenvalue weighted by Crippen LogP contribution is 2.26. The van der Waals surface area contributed by atoms with Crippen molar-refractivity contribution in [3.8, 4) is 11.5 Å². The van der Waals surface area contributed by atoms with Gasteiger partial charge < -0.3 is 24.1 Å². The van der Waals surface area contributed by atoms with Gasteiger partial charge in [0.25, 0.3) is 5.91 Å². The zero-order chi connectivity index (χ0) is 22.4. The molecule has 0 aliphatic carbocycles. The second-order valence-corrected chi connectivity index (χ2v) is 7.91. The Kier molecular flexibility index (Phi) is 7.57. The van der Waals surface area contributed by atoms with E-state index in [-0.39, 0.29) is 23.8 Å². The fraction of sp³-hybridized carbons (Fsp3) is 0.478. The van der Waals surface area contributed by atoms with Gasteiger partial charge in [-0.2, -0.15) is 0 Å². The smallest absolute Gasteiger partial charge is 0.254 e. The maximum atomic E-state index is 12.9. The molecule has 1 unspecified atom stereocenters. The molecule has 2 aromatic rings. The maximum Gasteiger partial charge on any atom is 0.254 e. The number of hydrogen-bond donors (Lipinski definition) is 1. The second kappa shape index (κ2) is 10.3. The molecule has 0 bridgehead atoms. The zero-order valence-corrected chi connectivity index (χ0v) is 18.6. The van der Waals surface area contributed by atoms with E-state index < -0.39 is 0 Å². The number of furan rings is 1. The van der Waals surface area contributed by atoms with Crippen LogP contribution in [-0.2, 0) is 4.79 Å². The van der Waals surface area contributed by atoms with Crippen molar-refractivity contribution < 1.29 is 23.5 Å². The van der Waals surface area contributed by atoms with Crippen LogP contribution < -0.4 is 14.8 Å². The number of piperidine rings is 1. The molecule has 2 amide bonds. The van der Waals surface area contributed by atoms with Crippen molar-refractivity contribution >= 4 is 11.8 Å². The van der Waals surface area contributed by atoms with Crippen LogP contribution >= 0.6 is 0 Å². The summed E-state index contributed by atoms with van der Waals surface area (Å²) in [6, 6.07) is 8.88. The molecule has 8 nitrogen and oxygen atoms in total. The van der Waals surface area contributed by atoms with Crippen molar-refractivity contribution in [1.29, 1.82) is 0 Å². The number of nitrogens with one attached hydrogen (secondary N) is 1. The van der Waals surface area contributed by atoms with Gasteiger partial charge in [-0.05, 0) is 51.2 Å². The fourth-order valence-electron chi connectivity index (χ4n) is 3.82. The number of benzene rings is 1. The lowest BCUT2D eigenvalue weighted by Gasteiger charge is -2.32. The molecule has 0 saturated carbocycles. The molecule has 1 aromatic heterocycles. The van der Waals surface area contributed by atoms with Gasteiger partial charge in [0.1, 0.15) is 17.3 Å². The highest BCUT2D eigenvalue weighted by Gasteiger charge is 2.29. The molecule has 1 aliphatic rings. The van der Waals surface area contributed by atoms with Crippen LogP contribution in [0.2, 0.25) is 0 Å². The Bertz CT molecular complexity index is 851. The Morgan fingerprint density at radius 2 is 1.81 bits per heavy atom. The summed E-state index contributed by atoms with van der Waals surface area (Å²) < 4.78 is 16.0. The molecule has 1 N–H and O–H groups in total. The lowest BCUT2D eigenvalue weighted by molar-refractivity contribution is -0.126. The third-order valence-corrected chi connectivity index (χ3v) is 5.72. The van der Waals surface area contributed by atoms with Crippen LogP contribution in [0.1, 0.15) is 35.0 Å². The summed E-state index contributed by atoms with van der Waals surface area (Å²) >= 11 is 0. The first-order valence-electron chi connectivity index (χ1n) is 10.4. The first-order valence-corrected chi connectivity index (χ1v) is 10.4. The molecule has 1 atom stereocenters. The minimum Gasteiger partial charge on any atom is -0.497 e. The van der Waals surface area contributed by atoms with Crippen LogP contribution in [0.25, 0.3) is 0 Å². The monoisotopic (exact) mass is 429 g/mol. The maximum absolute atomic E-state index is 12.9. The van der Waals surface area contributed by atoms with E-state index in [9.17, 15) is 9.59 Å². The topological polar surface area (TPSA) is 84.2 Å². The molecule has 0 radical (unpaired) electrons. The normalized spacial score (nSPS) is 15.6. The first kappa shape index (κ1) is 22.7. The number of ether oxygens (including phenoxy) is 2. The number of hydrogen-bond acceptors (Lipinski definition) is 6. The van der Waals surface area contributed by atoms with Crippen LogP contribution in [0.4, 0.5) is 0 Å². The SMILES string of the molecule is COc1cc(OC)cc(C(=O)N2CCC(C(=O)NCC(c3ccco3)N(C)C)CC2)c1. The van der Waals surface area contributed by atoms with E-state index in [1.165, 1.54) is 0 Å². The Balaban J connectivity index is 1.54. The van der Waals surface area contributed by atoms with E-state index in [4.69, 9.17) is 13.9 Å². The number of rotatable bonds is 8. The molecule has 1 aromatic carbocycles. The van der Waals surface area contributed by atoms with Crippen molar-refractivity contribution in [2.75, 3.05) is 47.9 Å². The third kappa shape index (κ3) is 5.58. The average molecular weight is 430 g/mol. The predicted molar refractivity (Wildman–Crippen MR) is 116 cm³/mol. The highest BCUT2D eigenvalue weighted by molar-refractivity contribution is 5.95. The quantitative estimate of drug-likeness (QED) is 0.694. The average Bonchev–Trinajstić information content (AvgIpc) is 3.32. The highest BCUT2D eigenvalue weighted by atomic mass is 16.5. The fourth-order valence-corrected chi connectivity index (χ4v) is 3.82. The van der Waals surface area contributed by atoms with Gasteiger partial charge in [-0.3, -0.25) is 14.5 Å². The number of amides is 2. The number of carbonyl (C=O) groups excluding carboxylic acids is 2. The summed E-state index contributed by atoms with van der Waals surface area (Å²) in [6.07, 6.45) is 2.90. The molecular formula is C23H31N3O5. The summed E-state index contributed by atoms with van der Waals surface area (Å²) in [5.41, 5.74) is 0.520. The van der Waals surface area contributed by atoms with Gasteiger partial charge in [0.15, 0.2) is 0 Å². The van der Waals surface area contributed by atoms with Gasteiger partial charge in [0.05, 0.1) is 26.5 Å².